The molecule has 10 nitrogen and oxygen atoms in total. The van der Waals surface area contributed by atoms with Crippen molar-refractivity contribution in [2.75, 3.05) is 43.8 Å². The van der Waals surface area contributed by atoms with Gasteiger partial charge in [0, 0.05) is 31.9 Å². The number of aryl methyl sites for hydroxylation is 1. The van der Waals surface area contributed by atoms with Gasteiger partial charge in [0.25, 0.3) is 5.91 Å². The number of carbonyl (C=O) groups excluding carboxylic acids is 1. The van der Waals surface area contributed by atoms with E-state index in [0.717, 1.165) is 11.3 Å². The Hall–Kier alpha value is -3.92. The molecule has 0 aliphatic carbocycles. The van der Waals surface area contributed by atoms with Crippen LogP contribution in [0.5, 0.6) is 11.5 Å². The number of aromatic nitrogens is 3. The molecule has 176 valence electrons. The van der Waals surface area contributed by atoms with Crippen LogP contribution in [0.4, 0.5) is 17.6 Å². The van der Waals surface area contributed by atoms with Crippen LogP contribution < -0.4 is 20.5 Å². The molecule has 10 heteroatoms. The number of nitrogens with two attached hydrogens (primary N) is 1. The normalized spacial score (nSPS) is 17.9. The molecule has 3 N–H and O–H groups in total. The van der Waals surface area contributed by atoms with Crippen molar-refractivity contribution in [3.63, 3.8) is 0 Å². The third-order valence-corrected chi connectivity index (χ3v) is 5.92. The van der Waals surface area contributed by atoms with E-state index in [4.69, 9.17) is 15.2 Å². The van der Waals surface area contributed by atoms with Crippen LogP contribution in [0.3, 0.4) is 0 Å². The lowest BCUT2D eigenvalue weighted by atomic mass is 10.2. The van der Waals surface area contributed by atoms with E-state index < -0.39 is 6.10 Å². The molecule has 0 unspecified atom stereocenters. The van der Waals surface area contributed by atoms with Gasteiger partial charge >= 0.3 is 0 Å². The van der Waals surface area contributed by atoms with Crippen molar-refractivity contribution in [1.29, 1.82) is 0 Å². The lowest BCUT2D eigenvalue weighted by Gasteiger charge is -2.36. The molecule has 1 saturated heterocycles. The summed E-state index contributed by atoms with van der Waals surface area (Å²) in [5, 5.41) is 3.22. The van der Waals surface area contributed by atoms with Crippen LogP contribution >= 0.6 is 0 Å². The smallest absolute Gasteiger partial charge is 0.267 e. The maximum absolute atomic E-state index is 13.0. The zero-order chi connectivity index (χ0) is 23.5. The quantitative estimate of drug-likeness (QED) is 0.588. The molecule has 0 saturated carbocycles. The van der Waals surface area contributed by atoms with Gasteiger partial charge in [-0.1, -0.05) is 30.3 Å². The number of hydrogen-bond donors (Lipinski definition) is 2. The highest BCUT2D eigenvalue weighted by molar-refractivity contribution is 5.82. The third-order valence-electron chi connectivity index (χ3n) is 5.92. The van der Waals surface area contributed by atoms with Crippen molar-refractivity contribution in [2.24, 2.45) is 0 Å². The Balaban J connectivity index is 1.17. The molecule has 5 rings (SSSR count). The number of nitrogen functional groups attached to an aromatic ring is 1. The number of nitrogens with one attached hydrogen (secondary N) is 1. The molecule has 2 aromatic carbocycles. The number of ether oxygens (including phenoxy) is 2. The molecule has 1 atom stereocenters. The molecular weight excluding hydrogens is 434 g/mol. The first kappa shape index (κ1) is 21.9. The molecule has 0 spiro atoms. The van der Waals surface area contributed by atoms with E-state index in [-0.39, 0.29) is 18.5 Å². The van der Waals surface area contributed by atoms with E-state index in [2.05, 4.69) is 25.2 Å². The highest BCUT2D eigenvalue weighted by Gasteiger charge is 2.32. The van der Waals surface area contributed by atoms with Crippen molar-refractivity contribution in [2.45, 2.75) is 19.6 Å². The molecule has 2 aliphatic heterocycles. The second-order valence-corrected chi connectivity index (χ2v) is 8.34. The lowest BCUT2D eigenvalue weighted by Crippen LogP contribution is -2.53. The monoisotopic (exact) mass is 461 g/mol. The van der Waals surface area contributed by atoms with Crippen LogP contribution in [0.2, 0.25) is 0 Å². The highest BCUT2D eigenvalue weighted by Crippen LogP contribution is 2.31. The summed E-state index contributed by atoms with van der Waals surface area (Å²) < 4.78 is 11.6. The molecule has 2 aliphatic rings. The maximum Gasteiger partial charge on any atom is 0.267 e. The summed E-state index contributed by atoms with van der Waals surface area (Å²) in [7, 11) is 0. The first-order chi connectivity index (χ1) is 16.5. The van der Waals surface area contributed by atoms with Crippen LogP contribution in [0.15, 0.2) is 48.5 Å². The average Bonchev–Trinajstić information content (AvgIpc) is 2.85. The van der Waals surface area contributed by atoms with Crippen molar-refractivity contribution >= 4 is 23.5 Å². The fraction of sp³-hybridized carbons (Fsp3) is 0.333. The molecule has 0 bridgehead atoms. The maximum atomic E-state index is 13.0. The van der Waals surface area contributed by atoms with Gasteiger partial charge in [-0.3, -0.25) is 9.69 Å². The minimum Gasteiger partial charge on any atom is -0.485 e. The van der Waals surface area contributed by atoms with Gasteiger partial charge in [-0.05, 0) is 30.7 Å². The van der Waals surface area contributed by atoms with Crippen molar-refractivity contribution in [3.8, 4) is 11.5 Å². The molecule has 1 aromatic heterocycles. The average molecular weight is 462 g/mol. The summed E-state index contributed by atoms with van der Waals surface area (Å²) in [6.07, 6.45) is -0.625. The summed E-state index contributed by atoms with van der Waals surface area (Å²) in [5.41, 5.74) is 7.94. The molecule has 1 amide bonds. The van der Waals surface area contributed by atoms with Gasteiger partial charge in [-0.25, -0.2) is 0 Å². The number of benzene rings is 2. The standard InChI is InChI=1S/C24H27N7O3/c1-16-6-2-3-7-17(16)26-24-28-21(27-23(25)29-24)14-30-10-12-31(13-11-30)22(32)20-15-33-18-8-4-5-9-19(18)34-20/h2-9,20H,10-15H2,1H3,(H3,25,26,27,28,29)/t20-/m0/s1. The SMILES string of the molecule is Cc1ccccc1Nc1nc(N)nc(CN2CCN(C(=O)[C@@H]3COc4ccccc4O3)CC2)n1. The number of rotatable bonds is 5. The Bertz CT molecular complexity index is 1180. The third kappa shape index (κ3) is 4.86. The Morgan fingerprint density at radius 1 is 1.03 bits per heavy atom. The number of nitrogens with zero attached hydrogens (tertiary/aromatic N) is 5. The fourth-order valence-electron chi connectivity index (χ4n) is 4.07. The van der Waals surface area contributed by atoms with E-state index in [9.17, 15) is 4.79 Å². The summed E-state index contributed by atoms with van der Waals surface area (Å²) in [5.74, 6) is 2.40. The number of fused-ring (bicyclic) bond motifs is 1. The fourth-order valence-corrected chi connectivity index (χ4v) is 4.07. The topological polar surface area (TPSA) is 119 Å². The number of piperazine rings is 1. The van der Waals surface area contributed by atoms with Gasteiger partial charge in [-0.15, -0.1) is 0 Å². The minimum atomic E-state index is -0.625. The molecule has 34 heavy (non-hydrogen) atoms. The first-order valence-electron chi connectivity index (χ1n) is 11.3. The van der Waals surface area contributed by atoms with Crippen LogP contribution in [0.25, 0.3) is 0 Å². The van der Waals surface area contributed by atoms with Crippen LogP contribution in [0, 0.1) is 6.92 Å². The van der Waals surface area contributed by atoms with Crippen LogP contribution in [0.1, 0.15) is 11.4 Å². The van der Waals surface area contributed by atoms with Crippen molar-refractivity contribution in [1.82, 2.24) is 24.8 Å². The molecular formula is C24H27N7O3. The predicted octanol–water partition coefficient (Wildman–Crippen LogP) is 1.99. The van der Waals surface area contributed by atoms with Gasteiger partial charge in [0.15, 0.2) is 11.5 Å². The molecule has 1 fully saturated rings. The van der Waals surface area contributed by atoms with E-state index >= 15 is 0 Å². The Morgan fingerprint density at radius 2 is 1.76 bits per heavy atom. The molecule has 0 radical (unpaired) electrons. The summed E-state index contributed by atoms with van der Waals surface area (Å²) in [6, 6.07) is 15.3. The van der Waals surface area contributed by atoms with E-state index in [1.54, 1.807) is 0 Å². The van der Waals surface area contributed by atoms with E-state index in [1.807, 2.05) is 60.4 Å². The van der Waals surface area contributed by atoms with Crippen molar-refractivity contribution < 1.29 is 14.3 Å². The first-order valence-corrected chi connectivity index (χ1v) is 11.3. The Labute approximate surface area is 197 Å². The number of hydrogen-bond acceptors (Lipinski definition) is 9. The van der Waals surface area contributed by atoms with Crippen LogP contribution in [-0.2, 0) is 11.3 Å². The van der Waals surface area contributed by atoms with Crippen LogP contribution in [-0.4, -0.2) is 69.5 Å². The molecule has 3 aromatic rings. The zero-order valence-electron chi connectivity index (χ0n) is 19.0. The second-order valence-electron chi connectivity index (χ2n) is 8.34. The van der Waals surface area contributed by atoms with E-state index in [1.165, 1.54) is 0 Å². The summed E-state index contributed by atoms with van der Waals surface area (Å²) in [4.78, 5) is 30.0. The van der Waals surface area contributed by atoms with Gasteiger partial charge < -0.3 is 25.4 Å². The van der Waals surface area contributed by atoms with E-state index in [0.29, 0.717) is 56.0 Å². The van der Waals surface area contributed by atoms with Crippen molar-refractivity contribution in [3.05, 3.63) is 59.9 Å². The number of carbonyl (C=O) groups is 1. The summed E-state index contributed by atoms with van der Waals surface area (Å²) >= 11 is 0. The lowest BCUT2D eigenvalue weighted by molar-refractivity contribution is -0.143. The van der Waals surface area contributed by atoms with Gasteiger partial charge in [0.1, 0.15) is 12.4 Å². The van der Waals surface area contributed by atoms with Gasteiger partial charge in [0.2, 0.25) is 18.0 Å². The second kappa shape index (κ2) is 9.52. The number of amides is 1. The Kier molecular flexibility index (Phi) is 6.13. The largest absolute Gasteiger partial charge is 0.485 e. The highest BCUT2D eigenvalue weighted by atomic mass is 16.6. The summed E-state index contributed by atoms with van der Waals surface area (Å²) in [6.45, 7) is 5.33. The molecule has 3 heterocycles. The minimum absolute atomic E-state index is 0.0525. The number of anilines is 3. The predicted molar refractivity (Wildman–Crippen MR) is 127 cm³/mol. The Morgan fingerprint density at radius 3 is 2.56 bits per heavy atom. The van der Waals surface area contributed by atoms with Gasteiger partial charge in [-0.2, -0.15) is 15.0 Å². The zero-order valence-corrected chi connectivity index (χ0v) is 19.0. The van der Waals surface area contributed by atoms with Gasteiger partial charge in [0.05, 0.1) is 6.54 Å². The number of para-hydroxylation sites is 3.